The number of pyridine rings is 1. The highest BCUT2D eigenvalue weighted by Gasteiger charge is 2.14. The normalized spacial score (nSPS) is 11.6. The summed E-state index contributed by atoms with van der Waals surface area (Å²) < 4.78 is 30.2. The van der Waals surface area contributed by atoms with Crippen molar-refractivity contribution in [2.75, 3.05) is 20.3 Å². The summed E-state index contributed by atoms with van der Waals surface area (Å²) in [7, 11) is -2.19. The molecule has 0 saturated heterocycles. The molecule has 0 fully saturated rings. The summed E-state index contributed by atoms with van der Waals surface area (Å²) in [6.45, 7) is 0.409. The minimum atomic E-state index is -3.66. The lowest BCUT2D eigenvalue weighted by Crippen LogP contribution is -2.27. The van der Waals surface area contributed by atoms with Gasteiger partial charge in [0.15, 0.2) is 0 Å². The quantitative estimate of drug-likeness (QED) is 0.732. The van der Waals surface area contributed by atoms with Crippen molar-refractivity contribution in [2.45, 2.75) is 4.90 Å². The molecule has 1 rings (SSSR count). The minimum Gasteiger partial charge on any atom is -0.383 e. The third-order valence-corrected chi connectivity index (χ3v) is 3.46. The Morgan fingerprint density at radius 1 is 1.56 bits per heavy atom. The second-order valence-corrected chi connectivity index (χ2v) is 5.08. The van der Waals surface area contributed by atoms with Crippen LogP contribution in [-0.2, 0) is 14.8 Å². The molecule has 0 unspecified atom stereocenters. The fourth-order valence-electron chi connectivity index (χ4n) is 0.954. The number of halogens is 1. The second kappa shape index (κ2) is 5.44. The van der Waals surface area contributed by atoms with Crippen molar-refractivity contribution in [1.29, 1.82) is 0 Å². The van der Waals surface area contributed by atoms with Crippen molar-refractivity contribution in [3.05, 3.63) is 27.6 Å². The van der Waals surface area contributed by atoms with Crippen LogP contribution in [-0.4, -0.2) is 33.7 Å². The molecule has 0 aliphatic rings. The molecule has 1 aromatic rings. The van der Waals surface area contributed by atoms with Gasteiger partial charge in [-0.3, -0.25) is 4.79 Å². The third kappa shape index (κ3) is 3.31. The third-order valence-electron chi connectivity index (χ3n) is 1.74. The zero-order chi connectivity index (χ0) is 12.2. The zero-order valence-electron chi connectivity index (χ0n) is 8.49. The summed E-state index contributed by atoms with van der Waals surface area (Å²) in [5.74, 6) is 0. The van der Waals surface area contributed by atoms with E-state index in [4.69, 9.17) is 16.3 Å². The fourth-order valence-corrected chi connectivity index (χ4v) is 2.20. The van der Waals surface area contributed by atoms with Crippen LogP contribution in [0.3, 0.4) is 0 Å². The molecule has 90 valence electrons. The van der Waals surface area contributed by atoms with Gasteiger partial charge in [-0.15, -0.1) is 0 Å². The van der Waals surface area contributed by atoms with Crippen LogP contribution in [0, 0.1) is 0 Å². The maximum absolute atomic E-state index is 11.6. The van der Waals surface area contributed by atoms with E-state index < -0.39 is 15.6 Å². The highest BCUT2D eigenvalue weighted by Crippen LogP contribution is 2.09. The van der Waals surface area contributed by atoms with Gasteiger partial charge in [0.05, 0.1) is 11.5 Å². The van der Waals surface area contributed by atoms with Gasteiger partial charge in [-0.2, -0.15) is 0 Å². The molecule has 0 bridgehead atoms. The lowest BCUT2D eigenvalue weighted by molar-refractivity contribution is 0.204. The average Bonchev–Trinajstić information content (AvgIpc) is 2.22. The number of hydrogen-bond acceptors (Lipinski definition) is 4. The predicted molar refractivity (Wildman–Crippen MR) is 59.1 cm³/mol. The number of methoxy groups -OCH3 is 1. The van der Waals surface area contributed by atoms with Crippen molar-refractivity contribution >= 4 is 21.6 Å². The minimum absolute atomic E-state index is 0.0896. The average molecular weight is 267 g/mol. The Balaban J connectivity index is 2.90. The molecule has 16 heavy (non-hydrogen) atoms. The van der Waals surface area contributed by atoms with Crippen molar-refractivity contribution in [3.63, 3.8) is 0 Å². The van der Waals surface area contributed by atoms with Crippen molar-refractivity contribution in [2.24, 2.45) is 0 Å². The Morgan fingerprint density at radius 2 is 2.25 bits per heavy atom. The highest BCUT2D eigenvalue weighted by molar-refractivity contribution is 7.89. The summed E-state index contributed by atoms with van der Waals surface area (Å²) in [6.07, 6.45) is 1.09. The smallest absolute Gasteiger partial charge is 0.266 e. The van der Waals surface area contributed by atoms with Crippen LogP contribution >= 0.6 is 11.6 Å². The van der Waals surface area contributed by atoms with Crippen molar-refractivity contribution in [1.82, 2.24) is 9.71 Å². The number of ether oxygens (including phenoxy) is 1. The van der Waals surface area contributed by atoms with Crippen LogP contribution in [0.2, 0.25) is 5.02 Å². The first-order chi connectivity index (χ1) is 7.47. The van der Waals surface area contributed by atoms with E-state index in [1.165, 1.54) is 7.11 Å². The van der Waals surface area contributed by atoms with Crippen LogP contribution in [0.4, 0.5) is 0 Å². The van der Waals surface area contributed by atoms with Gasteiger partial charge in [0.2, 0.25) is 10.0 Å². The molecule has 6 nitrogen and oxygen atoms in total. The van der Waals surface area contributed by atoms with Gasteiger partial charge in [0, 0.05) is 19.9 Å². The highest BCUT2D eigenvalue weighted by atomic mass is 35.5. The summed E-state index contributed by atoms with van der Waals surface area (Å²) in [6, 6.07) is 1.09. The first kappa shape index (κ1) is 13.2. The molecular formula is C8H11ClN2O4S. The molecule has 0 saturated carbocycles. The zero-order valence-corrected chi connectivity index (χ0v) is 10.1. The second-order valence-electron chi connectivity index (χ2n) is 2.90. The standard InChI is InChI=1S/C8H11ClN2O4S/c1-15-3-2-11-16(13,14)6-4-7(9)8(12)10-5-6/h4-5,11H,2-3H2,1H3,(H,10,12). The van der Waals surface area contributed by atoms with Crippen LogP contribution in [0.5, 0.6) is 0 Å². The number of H-pyrrole nitrogens is 1. The molecule has 0 radical (unpaired) electrons. The Morgan fingerprint density at radius 3 is 2.81 bits per heavy atom. The molecule has 1 aromatic heterocycles. The lowest BCUT2D eigenvalue weighted by Gasteiger charge is -2.05. The topological polar surface area (TPSA) is 88.3 Å². The van der Waals surface area contributed by atoms with Gasteiger partial charge in [-0.25, -0.2) is 13.1 Å². The number of hydrogen-bond donors (Lipinski definition) is 2. The van der Waals surface area contributed by atoms with E-state index in [9.17, 15) is 13.2 Å². The number of aromatic amines is 1. The van der Waals surface area contributed by atoms with Gasteiger partial charge >= 0.3 is 0 Å². The Bertz CT molecular complexity index is 511. The Kier molecular flexibility index (Phi) is 4.48. The number of aromatic nitrogens is 1. The lowest BCUT2D eigenvalue weighted by atomic mass is 10.5. The first-order valence-corrected chi connectivity index (χ1v) is 6.20. The molecule has 2 N–H and O–H groups in total. The van der Waals surface area contributed by atoms with E-state index in [0.717, 1.165) is 12.3 Å². The van der Waals surface area contributed by atoms with E-state index in [1.807, 2.05) is 0 Å². The van der Waals surface area contributed by atoms with E-state index in [2.05, 4.69) is 9.71 Å². The molecule has 8 heteroatoms. The molecule has 1 heterocycles. The van der Waals surface area contributed by atoms with Crippen LogP contribution in [0.1, 0.15) is 0 Å². The monoisotopic (exact) mass is 266 g/mol. The SMILES string of the molecule is COCCNS(=O)(=O)c1c[nH]c(=O)c(Cl)c1. The first-order valence-electron chi connectivity index (χ1n) is 4.34. The fraction of sp³-hybridized carbons (Fsp3) is 0.375. The van der Waals surface area contributed by atoms with Gasteiger partial charge in [0.25, 0.3) is 5.56 Å². The van der Waals surface area contributed by atoms with Crippen LogP contribution in [0.25, 0.3) is 0 Å². The maximum Gasteiger partial charge on any atom is 0.266 e. The van der Waals surface area contributed by atoms with E-state index in [-0.39, 0.29) is 23.1 Å². The molecule has 0 aliphatic carbocycles. The predicted octanol–water partition coefficient (Wildman–Crippen LogP) is -0.0470. The van der Waals surface area contributed by atoms with Crippen molar-refractivity contribution < 1.29 is 13.2 Å². The Hall–Kier alpha value is -0.890. The van der Waals surface area contributed by atoms with E-state index >= 15 is 0 Å². The molecule has 0 amide bonds. The van der Waals surface area contributed by atoms with Gasteiger partial charge < -0.3 is 9.72 Å². The van der Waals surface area contributed by atoms with Crippen molar-refractivity contribution in [3.8, 4) is 0 Å². The Labute approximate surface area is 97.6 Å². The van der Waals surface area contributed by atoms with E-state index in [0.29, 0.717) is 0 Å². The maximum atomic E-state index is 11.6. The number of nitrogens with one attached hydrogen (secondary N) is 2. The molecule has 0 aromatic carbocycles. The number of rotatable bonds is 5. The van der Waals surface area contributed by atoms with Gasteiger partial charge in [-0.05, 0) is 6.07 Å². The summed E-state index contributed by atoms with van der Waals surface area (Å²) in [4.78, 5) is 13.1. The summed E-state index contributed by atoms with van der Waals surface area (Å²) in [5.41, 5.74) is -0.530. The molecule has 0 spiro atoms. The molecule has 0 atom stereocenters. The summed E-state index contributed by atoms with van der Waals surface area (Å²) >= 11 is 5.52. The number of sulfonamides is 1. The van der Waals surface area contributed by atoms with Crippen LogP contribution < -0.4 is 10.3 Å². The van der Waals surface area contributed by atoms with Crippen LogP contribution in [0.15, 0.2) is 22.0 Å². The van der Waals surface area contributed by atoms with E-state index in [1.54, 1.807) is 0 Å². The molecule has 0 aliphatic heterocycles. The summed E-state index contributed by atoms with van der Waals surface area (Å²) in [5, 5.41) is -0.172. The van der Waals surface area contributed by atoms with Gasteiger partial charge in [-0.1, -0.05) is 11.6 Å². The molecular weight excluding hydrogens is 256 g/mol. The largest absolute Gasteiger partial charge is 0.383 e. The van der Waals surface area contributed by atoms with Gasteiger partial charge in [0.1, 0.15) is 5.02 Å².